The Balaban J connectivity index is 1.64. The van der Waals surface area contributed by atoms with E-state index in [9.17, 15) is 4.79 Å². The molecule has 2 heterocycles. The number of nitrogens with one attached hydrogen (secondary N) is 1. The van der Waals surface area contributed by atoms with Crippen LogP contribution in [0.15, 0.2) is 59.7 Å². The molecule has 8 heteroatoms. The number of hydrogen-bond acceptors (Lipinski definition) is 6. The molecule has 33 heavy (non-hydrogen) atoms. The number of fused-ring (bicyclic) bond motifs is 1. The number of aromatic nitrogens is 4. The van der Waals surface area contributed by atoms with E-state index in [0.717, 1.165) is 12.8 Å². The van der Waals surface area contributed by atoms with Gasteiger partial charge >= 0.3 is 0 Å². The summed E-state index contributed by atoms with van der Waals surface area (Å²) in [5, 5.41) is 4.08. The Morgan fingerprint density at radius 1 is 1.15 bits per heavy atom. The van der Waals surface area contributed by atoms with Crippen molar-refractivity contribution in [3.63, 3.8) is 0 Å². The molecule has 4 aromatic rings. The predicted molar refractivity (Wildman–Crippen MR) is 130 cm³/mol. The Kier molecular flexibility index (Phi) is 5.45. The summed E-state index contributed by atoms with van der Waals surface area (Å²) in [6, 6.07) is 14.2. The van der Waals surface area contributed by atoms with E-state index in [4.69, 9.17) is 22.3 Å². The molecule has 2 aromatic carbocycles. The lowest BCUT2D eigenvalue weighted by atomic mass is 10.2. The molecule has 0 bridgehead atoms. The summed E-state index contributed by atoms with van der Waals surface area (Å²) in [6.07, 6.45) is 3.60. The molecule has 7 nitrogen and oxygen atoms in total. The van der Waals surface area contributed by atoms with Crippen molar-refractivity contribution in [1.29, 1.82) is 0 Å². The third-order valence-corrected chi connectivity index (χ3v) is 5.80. The van der Waals surface area contributed by atoms with Crippen molar-refractivity contribution in [3.05, 3.63) is 81.6 Å². The lowest BCUT2D eigenvalue weighted by Crippen LogP contribution is -2.27. The summed E-state index contributed by atoms with van der Waals surface area (Å²) in [5.74, 6) is 8.07. The van der Waals surface area contributed by atoms with Gasteiger partial charge in [-0.25, -0.2) is 15.0 Å². The average Bonchev–Trinajstić information content (AvgIpc) is 3.63. The lowest BCUT2D eigenvalue weighted by Gasteiger charge is -2.21. The summed E-state index contributed by atoms with van der Waals surface area (Å²) in [4.78, 5) is 26.8. The minimum Gasteiger partial charge on any atom is -0.382 e. The van der Waals surface area contributed by atoms with Crippen LogP contribution in [0.25, 0.3) is 16.6 Å². The van der Waals surface area contributed by atoms with E-state index in [1.165, 1.54) is 6.33 Å². The van der Waals surface area contributed by atoms with E-state index in [1.807, 2.05) is 37.3 Å². The summed E-state index contributed by atoms with van der Waals surface area (Å²) < 4.78 is 1.58. The molecule has 1 unspecified atom stereocenters. The highest BCUT2D eigenvalue weighted by Gasteiger charge is 2.22. The maximum atomic E-state index is 13.6. The van der Waals surface area contributed by atoms with Crippen LogP contribution in [0.1, 0.15) is 37.2 Å². The molecule has 1 aliphatic rings. The van der Waals surface area contributed by atoms with E-state index < -0.39 is 6.04 Å². The fourth-order valence-electron chi connectivity index (χ4n) is 3.63. The quantitative estimate of drug-likeness (QED) is 0.443. The van der Waals surface area contributed by atoms with E-state index in [-0.39, 0.29) is 5.56 Å². The number of para-hydroxylation sites is 1. The zero-order chi connectivity index (χ0) is 22.9. The molecule has 1 saturated carbocycles. The Bertz CT molecular complexity index is 1470. The molecule has 1 aliphatic carbocycles. The van der Waals surface area contributed by atoms with E-state index in [2.05, 4.69) is 27.1 Å². The summed E-state index contributed by atoms with van der Waals surface area (Å²) in [7, 11) is 0. The van der Waals surface area contributed by atoms with Crippen molar-refractivity contribution < 1.29 is 0 Å². The fraction of sp³-hybridized carbons (Fsp3) is 0.200. The van der Waals surface area contributed by atoms with Crippen LogP contribution < -0.4 is 16.6 Å². The Morgan fingerprint density at radius 2 is 1.94 bits per heavy atom. The highest BCUT2D eigenvalue weighted by atomic mass is 35.5. The highest BCUT2D eigenvalue weighted by molar-refractivity contribution is 6.35. The first kappa shape index (κ1) is 21.0. The van der Waals surface area contributed by atoms with E-state index >= 15 is 0 Å². The molecule has 0 spiro atoms. The Morgan fingerprint density at radius 3 is 2.70 bits per heavy atom. The maximum Gasteiger partial charge on any atom is 0.267 e. The minimum atomic E-state index is -0.405. The van der Waals surface area contributed by atoms with Crippen LogP contribution in [0, 0.1) is 17.8 Å². The fourth-order valence-corrected chi connectivity index (χ4v) is 3.88. The molecule has 2 aromatic heterocycles. The van der Waals surface area contributed by atoms with Crippen LogP contribution in [0.2, 0.25) is 5.02 Å². The predicted octanol–water partition coefficient (Wildman–Crippen LogP) is 4.35. The van der Waals surface area contributed by atoms with Gasteiger partial charge in [0.1, 0.15) is 29.4 Å². The molecule has 1 fully saturated rings. The molecule has 3 N–H and O–H groups in total. The number of nitrogens with two attached hydrogens (primary N) is 1. The van der Waals surface area contributed by atoms with Crippen LogP contribution in [0.5, 0.6) is 0 Å². The van der Waals surface area contributed by atoms with Gasteiger partial charge in [0.2, 0.25) is 0 Å². The topological polar surface area (TPSA) is 98.7 Å². The first-order chi connectivity index (χ1) is 16.0. The minimum absolute atomic E-state index is 0.239. The summed E-state index contributed by atoms with van der Waals surface area (Å²) in [5.41, 5.74) is 7.63. The van der Waals surface area contributed by atoms with Gasteiger partial charge in [-0.3, -0.25) is 9.36 Å². The number of halogens is 1. The molecular formula is C25H21ClN6O. The maximum absolute atomic E-state index is 13.6. The largest absolute Gasteiger partial charge is 0.382 e. The van der Waals surface area contributed by atoms with Crippen molar-refractivity contribution in [3.8, 4) is 17.5 Å². The third kappa shape index (κ3) is 4.13. The zero-order valence-electron chi connectivity index (χ0n) is 17.9. The second-order valence-electron chi connectivity index (χ2n) is 7.97. The molecule has 0 radical (unpaired) electrons. The van der Waals surface area contributed by atoms with Gasteiger partial charge in [-0.1, -0.05) is 47.7 Å². The van der Waals surface area contributed by atoms with Gasteiger partial charge in [-0.05, 0) is 44.0 Å². The summed E-state index contributed by atoms with van der Waals surface area (Å²) >= 11 is 6.37. The first-order valence-corrected chi connectivity index (χ1v) is 11.1. The van der Waals surface area contributed by atoms with Gasteiger partial charge in [0.05, 0.1) is 27.7 Å². The lowest BCUT2D eigenvalue weighted by molar-refractivity contribution is 0.730. The smallest absolute Gasteiger partial charge is 0.267 e. The number of anilines is 2. The molecule has 0 amide bonds. The molecule has 0 aliphatic heterocycles. The average molecular weight is 457 g/mol. The van der Waals surface area contributed by atoms with Crippen molar-refractivity contribution in [2.24, 2.45) is 5.92 Å². The monoisotopic (exact) mass is 456 g/mol. The Labute approximate surface area is 195 Å². The summed E-state index contributed by atoms with van der Waals surface area (Å²) in [6.45, 7) is 1.91. The highest BCUT2D eigenvalue weighted by Crippen LogP contribution is 2.29. The normalized spacial score (nSPS) is 13.9. The molecule has 1 atom stereocenters. The van der Waals surface area contributed by atoms with Gasteiger partial charge in [-0.2, -0.15) is 0 Å². The van der Waals surface area contributed by atoms with Crippen molar-refractivity contribution in [2.75, 3.05) is 11.1 Å². The van der Waals surface area contributed by atoms with Crippen LogP contribution >= 0.6 is 11.6 Å². The second kappa shape index (κ2) is 8.57. The van der Waals surface area contributed by atoms with Crippen LogP contribution in [-0.2, 0) is 0 Å². The number of benzene rings is 2. The van der Waals surface area contributed by atoms with E-state index in [1.54, 1.807) is 22.8 Å². The van der Waals surface area contributed by atoms with Crippen LogP contribution in [0.4, 0.5) is 11.6 Å². The number of rotatable bonds is 4. The van der Waals surface area contributed by atoms with E-state index in [0.29, 0.717) is 50.6 Å². The van der Waals surface area contributed by atoms with Gasteiger partial charge in [0, 0.05) is 5.92 Å². The molecule has 164 valence electrons. The first-order valence-electron chi connectivity index (χ1n) is 10.7. The molecule has 5 rings (SSSR count). The van der Waals surface area contributed by atoms with Gasteiger partial charge in [0.15, 0.2) is 0 Å². The van der Waals surface area contributed by atoms with Gasteiger partial charge in [-0.15, -0.1) is 0 Å². The number of nitrogen functional groups attached to an aromatic ring is 1. The van der Waals surface area contributed by atoms with Crippen molar-refractivity contribution in [2.45, 2.75) is 25.8 Å². The molecule has 0 saturated heterocycles. The van der Waals surface area contributed by atoms with Gasteiger partial charge < -0.3 is 11.1 Å². The standard InChI is InChI=1S/C25H21ClN6O/c1-15(30-23-18(13-12-16-10-11-16)22(27)28-14-29-23)24-31-20-9-5-8-19(26)21(20)25(33)32(24)17-6-3-2-4-7-17/h2-9,14-16H,10-11H2,1H3,(H3,27,28,29,30). The molecular weight excluding hydrogens is 436 g/mol. The number of hydrogen-bond donors (Lipinski definition) is 2. The number of nitrogens with zero attached hydrogens (tertiary/aromatic N) is 4. The van der Waals surface area contributed by atoms with Gasteiger partial charge in [0.25, 0.3) is 5.56 Å². The second-order valence-corrected chi connectivity index (χ2v) is 8.38. The zero-order valence-corrected chi connectivity index (χ0v) is 18.7. The SMILES string of the molecule is CC(Nc1ncnc(N)c1C#CC1CC1)c1nc2cccc(Cl)c2c(=O)n1-c1ccccc1. The Hall–Kier alpha value is -3.89. The van der Waals surface area contributed by atoms with Crippen molar-refractivity contribution in [1.82, 2.24) is 19.5 Å². The third-order valence-electron chi connectivity index (χ3n) is 5.48. The van der Waals surface area contributed by atoms with Crippen LogP contribution in [-0.4, -0.2) is 19.5 Å². The van der Waals surface area contributed by atoms with Crippen LogP contribution in [0.3, 0.4) is 0 Å². The van der Waals surface area contributed by atoms with Crippen molar-refractivity contribution >= 4 is 34.1 Å².